The molecule has 0 saturated carbocycles. The van der Waals surface area contributed by atoms with Crippen LogP contribution >= 0.6 is 11.6 Å². The Balaban J connectivity index is 1.18. The molecule has 2 aliphatic rings. The van der Waals surface area contributed by atoms with Crippen LogP contribution in [0.1, 0.15) is 17.5 Å². The van der Waals surface area contributed by atoms with Gasteiger partial charge < -0.3 is 10.2 Å². The van der Waals surface area contributed by atoms with Crippen molar-refractivity contribution in [3.05, 3.63) is 70.7 Å². The summed E-state index contributed by atoms with van der Waals surface area (Å²) in [7, 11) is -3.36. The Labute approximate surface area is 201 Å². The summed E-state index contributed by atoms with van der Waals surface area (Å²) >= 11 is 6.07. The lowest BCUT2D eigenvalue weighted by atomic mass is 10.2. The minimum Gasteiger partial charge on any atom is -0.339 e. The van der Waals surface area contributed by atoms with Crippen molar-refractivity contribution < 1.29 is 13.2 Å². The number of nitrogens with one attached hydrogen (secondary N) is 1. The lowest BCUT2D eigenvalue weighted by Gasteiger charge is -2.35. The maximum absolute atomic E-state index is 12.7. The molecule has 1 N–H and O–H groups in total. The van der Waals surface area contributed by atoms with E-state index in [9.17, 15) is 13.2 Å². The minimum absolute atomic E-state index is 0.00335. The zero-order valence-electron chi connectivity index (χ0n) is 18.7. The van der Waals surface area contributed by atoms with Gasteiger partial charge in [-0.3, -0.25) is 9.69 Å². The Hall–Kier alpha value is -1.97. The van der Waals surface area contributed by atoms with Crippen LogP contribution < -0.4 is 5.32 Å². The molecule has 0 aromatic heterocycles. The first-order valence-corrected chi connectivity index (χ1v) is 13.4. The van der Waals surface area contributed by atoms with E-state index in [1.54, 1.807) is 0 Å². The first-order valence-electron chi connectivity index (χ1n) is 11.4. The van der Waals surface area contributed by atoms with E-state index in [0.717, 1.165) is 30.2 Å². The van der Waals surface area contributed by atoms with Crippen molar-refractivity contribution in [1.82, 2.24) is 19.4 Å². The number of nitrogens with zero attached hydrogens (tertiary/aromatic N) is 3. The highest BCUT2D eigenvalue weighted by atomic mass is 35.5. The molecule has 1 amide bonds. The maximum atomic E-state index is 12.7. The van der Waals surface area contributed by atoms with Crippen molar-refractivity contribution >= 4 is 27.5 Å². The molecule has 4 rings (SSSR count). The molecule has 0 radical (unpaired) electrons. The molecule has 0 aliphatic carbocycles. The third-order valence-corrected chi connectivity index (χ3v) is 8.35. The lowest BCUT2D eigenvalue weighted by Crippen LogP contribution is -2.51. The first kappa shape index (κ1) is 24.2. The highest BCUT2D eigenvalue weighted by Gasteiger charge is 2.32. The highest BCUT2D eigenvalue weighted by Crippen LogP contribution is 2.18. The maximum Gasteiger partial charge on any atom is 0.236 e. The van der Waals surface area contributed by atoms with E-state index < -0.39 is 10.0 Å². The quantitative estimate of drug-likeness (QED) is 0.614. The van der Waals surface area contributed by atoms with E-state index in [1.165, 1.54) is 9.87 Å². The third-order valence-electron chi connectivity index (χ3n) is 6.30. The lowest BCUT2D eigenvalue weighted by molar-refractivity contribution is -0.132. The molecule has 2 saturated heterocycles. The summed E-state index contributed by atoms with van der Waals surface area (Å²) in [5.74, 6) is 0.0851. The molecule has 0 bridgehead atoms. The zero-order valence-corrected chi connectivity index (χ0v) is 20.3. The first-order chi connectivity index (χ1) is 15.9. The number of sulfonamides is 1. The Bertz CT molecular complexity index is 1040. The van der Waals surface area contributed by atoms with Crippen LogP contribution in [0.3, 0.4) is 0 Å². The van der Waals surface area contributed by atoms with Gasteiger partial charge >= 0.3 is 0 Å². The van der Waals surface area contributed by atoms with Crippen LogP contribution in [-0.4, -0.2) is 80.3 Å². The van der Waals surface area contributed by atoms with Gasteiger partial charge in [-0.1, -0.05) is 54.1 Å². The number of hydrogen-bond acceptors (Lipinski definition) is 5. The summed E-state index contributed by atoms with van der Waals surface area (Å²) in [6, 6.07) is 17.1. The molecule has 0 unspecified atom stereocenters. The number of halogens is 1. The Morgan fingerprint density at radius 1 is 0.970 bits per heavy atom. The van der Waals surface area contributed by atoms with Crippen molar-refractivity contribution in [2.45, 2.75) is 24.8 Å². The van der Waals surface area contributed by atoms with Crippen molar-refractivity contribution in [3.63, 3.8) is 0 Å². The Kier molecular flexibility index (Phi) is 8.03. The van der Waals surface area contributed by atoms with Crippen LogP contribution in [-0.2, 0) is 27.1 Å². The predicted octanol–water partition coefficient (Wildman–Crippen LogP) is 2.18. The van der Waals surface area contributed by atoms with E-state index in [-0.39, 0.29) is 24.2 Å². The Morgan fingerprint density at radius 2 is 1.70 bits per heavy atom. The van der Waals surface area contributed by atoms with Crippen LogP contribution in [0.4, 0.5) is 0 Å². The van der Waals surface area contributed by atoms with Gasteiger partial charge in [-0.25, -0.2) is 12.7 Å². The summed E-state index contributed by atoms with van der Waals surface area (Å²) < 4.78 is 27.0. The SMILES string of the molecule is O=C(CN[C@H]1CCN(S(=O)(=O)Cc2ccccc2)C1)N1CCN(Cc2cccc(Cl)c2)CC1. The topological polar surface area (TPSA) is 73.0 Å². The number of piperazine rings is 1. The fraction of sp³-hybridized carbons (Fsp3) is 0.458. The van der Waals surface area contributed by atoms with Crippen LogP contribution in [0.2, 0.25) is 5.02 Å². The summed E-state index contributed by atoms with van der Waals surface area (Å²) in [6.07, 6.45) is 0.717. The second kappa shape index (κ2) is 11.0. The molecule has 9 heteroatoms. The van der Waals surface area contributed by atoms with Gasteiger partial charge in [-0.15, -0.1) is 0 Å². The van der Waals surface area contributed by atoms with Crippen LogP contribution in [0.15, 0.2) is 54.6 Å². The van der Waals surface area contributed by atoms with Gasteiger partial charge in [0.25, 0.3) is 0 Å². The molecule has 178 valence electrons. The molecule has 33 heavy (non-hydrogen) atoms. The number of benzene rings is 2. The molecule has 2 aromatic rings. The monoisotopic (exact) mass is 490 g/mol. The summed E-state index contributed by atoms with van der Waals surface area (Å²) in [5, 5.41) is 4.02. The smallest absolute Gasteiger partial charge is 0.236 e. The molecule has 1 atom stereocenters. The molecule has 0 spiro atoms. The molecule has 7 nitrogen and oxygen atoms in total. The molecule has 2 aromatic carbocycles. The molecular formula is C24H31ClN4O3S. The highest BCUT2D eigenvalue weighted by molar-refractivity contribution is 7.88. The van der Waals surface area contributed by atoms with E-state index in [1.807, 2.05) is 53.4 Å². The minimum atomic E-state index is -3.36. The van der Waals surface area contributed by atoms with Crippen LogP contribution in [0, 0.1) is 0 Å². The summed E-state index contributed by atoms with van der Waals surface area (Å²) in [5.41, 5.74) is 1.97. The third kappa shape index (κ3) is 6.77. The van der Waals surface area contributed by atoms with Gasteiger partial charge in [0.15, 0.2) is 0 Å². The van der Waals surface area contributed by atoms with Crippen LogP contribution in [0.5, 0.6) is 0 Å². The molecular weight excluding hydrogens is 460 g/mol. The predicted molar refractivity (Wildman–Crippen MR) is 130 cm³/mol. The van der Waals surface area contributed by atoms with E-state index >= 15 is 0 Å². The van der Waals surface area contributed by atoms with Crippen molar-refractivity contribution in [3.8, 4) is 0 Å². The van der Waals surface area contributed by atoms with Crippen molar-refractivity contribution in [1.29, 1.82) is 0 Å². The zero-order chi connectivity index (χ0) is 23.3. The van der Waals surface area contributed by atoms with Crippen LogP contribution in [0.25, 0.3) is 0 Å². The fourth-order valence-electron chi connectivity index (χ4n) is 4.42. The van der Waals surface area contributed by atoms with E-state index in [4.69, 9.17) is 11.6 Å². The normalized spacial score (nSPS) is 20.3. The largest absolute Gasteiger partial charge is 0.339 e. The molecule has 2 heterocycles. The van der Waals surface area contributed by atoms with E-state index in [2.05, 4.69) is 16.3 Å². The Morgan fingerprint density at radius 3 is 2.42 bits per heavy atom. The van der Waals surface area contributed by atoms with Gasteiger partial charge in [0.1, 0.15) is 0 Å². The molecule has 2 fully saturated rings. The standard InChI is InChI=1S/C24H31ClN4O3S/c25-22-8-4-7-21(15-22)17-27-11-13-28(14-12-27)24(30)16-26-23-9-10-29(18-23)33(31,32)19-20-5-2-1-3-6-20/h1-8,15,23,26H,9-14,16-19H2/t23-/m0/s1. The van der Waals surface area contributed by atoms with Gasteiger partial charge in [-0.05, 0) is 29.7 Å². The average Bonchev–Trinajstić information content (AvgIpc) is 3.29. The summed E-state index contributed by atoms with van der Waals surface area (Å²) in [4.78, 5) is 16.9. The number of amides is 1. The number of rotatable bonds is 8. The number of hydrogen-bond donors (Lipinski definition) is 1. The fourth-order valence-corrected chi connectivity index (χ4v) is 6.22. The number of carbonyl (C=O) groups excluding carboxylic acids is 1. The van der Waals surface area contributed by atoms with Gasteiger partial charge in [-0.2, -0.15) is 0 Å². The average molecular weight is 491 g/mol. The van der Waals surface area contributed by atoms with Crippen molar-refractivity contribution in [2.24, 2.45) is 0 Å². The number of carbonyl (C=O) groups is 1. The van der Waals surface area contributed by atoms with Crippen molar-refractivity contribution in [2.75, 3.05) is 45.8 Å². The van der Waals surface area contributed by atoms with E-state index in [0.29, 0.717) is 32.6 Å². The van der Waals surface area contributed by atoms with Gasteiger partial charge in [0.2, 0.25) is 15.9 Å². The molecule has 2 aliphatic heterocycles. The summed E-state index contributed by atoms with van der Waals surface area (Å²) in [6.45, 7) is 5.02. The second-order valence-corrected chi connectivity index (χ2v) is 11.2. The second-order valence-electron chi connectivity index (χ2n) is 8.75. The van der Waals surface area contributed by atoms with Gasteiger partial charge in [0, 0.05) is 56.9 Å². The van der Waals surface area contributed by atoms with Gasteiger partial charge in [0.05, 0.1) is 12.3 Å².